The fourth-order valence-corrected chi connectivity index (χ4v) is 4.10. The Labute approximate surface area is 130 Å². The van der Waals surface area contributed by atoms with Crippen LogP contribution >= 0.6 is 34.3 Å². The number of thiazole rings is 1. The maximum absolute atomic E-state index is 12.4. The number of carbonyl (C=O) groups excluding carboxylic acids is 1. The Morgan fingerprint density at radius 2 is 2.40 bits per heavy atom. The molecule has 1 aliphatic rings. The van der Waals surface area contributed by atoms with Crippen molar-refractivity contribution in [1.29, 1.82) is 0 Å². The zero-order valence-corrected chi connectivity index (χ0v) is 13.3. The number of amides is 1. The van der Waals surface area contributed by atoms with E-state index in [2.05, 4.69) is 17.2 Å². The molecule has 1 N–H and O–H groups in total. The molecule has 1 atom stereocenters. The molecule has 0 bridgehead atoms. The van der Waals surface area contributed by atoms with E-state index in [4.69, 9.17) is 11.6 Å². The summed E-state index contributed by atoms with van der Waals surface area (Å²) >= 11 is 8.90. The van der Waals surface area contributed by atoms with Crippen LogP contribution in [0.3, 0.4) is 0 Å². The highest BCUT2D eigenvalue weighted by Gasteiger charge is 2.23. The summed E-state index contributed by atoms with van der Waals surface area (Å²) < 4.78 is 0.735. The Morgan fingerprint density at radius 3 is 3.10 bits per heavy atom. The molecule has 0 spiro atoms. The number of halogens is 1. The molecular formula is C13H14ClN3OS2. The van der Waals surface area contributed by atoms with Gasteiger partial charge >= 0.3 is 0 Å². The zero-order valence-electron chi connectivity index (χ0n) is 10.9. The van der Waals surface area contributed by atoms with Crippen molar-refractivity contribution < 1.29 is 4.79 Å². The number of piperazine rings is 1. The molecule has 1 unspecified atom stereocenters. The van der Waals surface area contributed by atoms with Gasteiger partial charge in [0.05, 0.1) is 9.21 Å². The molecule has 1 amide bonds. The second kappa shape index (κ2) is 5.81. The standard InChI is InChI=1S/C13H14ClN3OS2/c1-8-6-17(5-4-15-8)13(18)9-7-19-12(16-9)10-2-3-11(14)20-10/h2-3,7-8,15H,4-6H2,1H3. The molecular weight excluding hydrogens is 314 g/mol. The number of hydrogen-bond acceptors (Lipinski definition) is 5. The Morgan fingerprint density at radius 1 is 1.55 bits per heavy atom. The van der Waals surface area contributed by atoms with Crippen LogP contribution in [0.25, 0.3) is 9.88 Å². The monoisotopic (exact) mass is 327 g/mol. The predicted octanol–water partition coefficient (Wildman–Crippen LogP) is 2.96. The lowest BCUT2D eigenvalue weighted by Crippen LogP contribution is -2.51. The van der Waals surface area contributed by atoms with Crippen LogP contribution in [0.15, 0.2) is 17.5 Å². The van der Waals surface area contributed by atoms with E-state index in [1.165, 1.54) is 22.7 Å². The van der Waals surface area contributed by atoms with Gasteiger partial charge in [-0.2, -0.15) is 0 Å². The second-order valence-corrected chi connectivity index (χ2v) is 7.32. The van der Waals surface area contributed by atoms with Gasteiger partial charge in [0.1, 0.15) is 10.7 Å². The van der Waals surface area contributed by atoms with Gasteiger partial charge in [0.25, 0.3) is 5.91 Å². The fourth-order valence-electron chi connectivity index (χ4n) is 2.19. The third-order valence-corrected chi connectivity index (χ3v) is 5.41. The van der Waals surface area contributed by atoms with E-state index in [1.54, 1.807) is 0 Å². The molecule has 3 heterocycles. The normalized spacial score (nSPS) is 19.3. The van der Waals surface area contributed by atoms with Crippen LogP contribution in [0.5, 0.6) is 0 Å². The smallest absolute Gasteiger partial charge is 0.273 e. The molecule has 0 aromatic carbocycles. The fraction of sp³-hybridized carbons (Fsp3) is 0.385. The third kappa shape index (κ3) is 2.88. The van der Waals surface area contributed by atoms with Gasteiger partial charge in [0.15, 0.2) is 0 Å². The maximum Gasteiger partial charge on any atom is 0.273 e. The van der Waals surface area contributed by atoms with Crippen LogP contribution in [0.4, 0.5) is 0 Å². The highest BCUT2D eigenvalue weighted by Crippen LogP contribution is 2.33. The van der Waals surface area contributed by atoms with Crippen molar-refractivity contribution in [3.8, 4) is 9.88 Å². The summed E-state index contributed by atoms with van der Waals surface area (Å²) in [6, 6.07) is 4.12. The number of rotatable bonds is 2. The molecule has 7 heteroatoms. The topological polar surface area (TPSA) is 45.2 Å². The van der Waals surface area contributed by atoms with E-state index in [0.717, 1.165) is 33.9 Å². The summed E-state index contributed by atoms with van der Waals surface area (Å²) in [6.07, 6.45) is 0. The van der Waals surface area contributed by atoms with Crippen LogP contribution in [-0.4, -0.2) is 41.5 Å². The Balaban J connectivity index is 1.77. The molecule has 20 heavy (non-hydrogen) atoms. The SMILES string of the molecule is CC1CN(C(=O)c2csc(-c3ccc(Cl)s3)n2)CCN1. The molecule has 3 rings (SSSR count). The lowest BCUT2D eigenvalue weighted by Gasteiger charge is -2.31. The van der Waals surface area contributed by atoms with E-state index < -0.39 is 0 Å². The maximum atomic E-state index is 12.4. The molecule has 2 aromatic rings. The average Bonchev–Trinajstić information content (AvgIpc) is 3.06. The summed E-state index contributed by atoms with van der Waals surface area (Å²) in [5.74, 6) is 0.0171. The van der Waals surface area contributed by atoms with Crippen LogP contribution in [-0.2, 0) is 0 Å². The Hall–Kier alpha value is -0.950. The molecule has 1 aliphatic heterocycles. The minimum Gasteiger partial charge on any atom is -0.334 e. The van der Waals surface area contributed by atoms with Gasteiger partial charge in [-0.3, -0.25) is 4.79 Å². The summed E-state index contributed by atoms with van der Waals surface area (Å²) in [6.45, 7) is 4.39. The lowest BCUT2D eigenvalue weighted by molar-refractivity contribution is 0.0704. The van der Waals surface area contributed by atoms with Gasteiger partial charge in [-0.05, 0) is 19.1 Å². The summed E-state index contributed by atoms with van der Waals surface area (Å²) in [4.78, 5) is 19.7. The quantitative estimate of drug-likeness (QED) is 0.922. The Bertz CT molecular complexity index is 625. The third-order valence-electron chi connectivity index (χ3n) is 3.16. The average molecular weight is 328 g/mol. The first-order valence-corrected chi connectivity index (χ1v) is 8.45. The van der Waals surface area contributed by atoms with Crippen molar-refractivity contribution in [3.63, 3.8) is 0 Å². The lowest BCUT2D eigenvalue weighted by atomic mass is 10.2. The molecule has 106 valence electrons. The number of aromatic nitrogens is 1. The first-order valence-electron chi connectivity index (χ1n) is 6.37. The van der Waals surface area contributed by atoms with E-state index >= 15 is 0 Å². The predicted molar refractivity (Wildman–Crippen MR) is 83.8 cm³/mol. The van der Waals surface area contributed by atoms with Crippen molar-refractivity contribution in [2.75, 3.05) is 19.6 Å². The molecule has 0 saturated carbocycles. The van der Waals surface area contributed by atoms with Gasteiger partial charge in [-0.1, -0.05) is 11.6 Å². The van der Waals surface area contributed by atoms with Gasteiger partial charge in [-0.15, -0.1) is 22.7 Å². The van der Waals surface area contributed by atoms with Gasteiger partial charge in [-0.25, -0.2) is 4.98 Å². The molecule has 1 saturated heterocycles. The largest absolute Gasteiger partial charge is 0.334 e. The summed E-state index contributed by atoms with van der Waals surface area (Å²) in [7, 11) is 0. The highest BCUT2D eigenvalue weighted by atomic mass is 35.5. The van der Waals surface area contributed by atoms with Crippen LogP contribution < -0.4 is 5.32 Å². The number of thiophene rings is 1. The molecule has 1 fully saturated rings. The number of carbonyl (C=O) groups is 1. The number of hydrogen-bond donors (Lipinski definition) is 1. The van der Waals surface area contributed by atoms with E-state index in [0.29, 0.717) is 11.7 Å². The molecule has 4 nitrogen and oxygen atoms in total. The summed E-state index contributed by atoms with van der Waals surface area (Å²) in [5, 5.41) is 6.01. The van der Waals surface area contributed by atoms with E-state index in [1.807, 2.05) is 22.4 Å². The molecule has 0 radical (unpaired) electrons. The second-order valence-electron chi connectivity index (χ2n) is 4.75. The molecule has 2 aromatic heterocycles. The number of nitrogens with one attached hydrogen (secondary N) is 1. The Kier molecular flexibility index (Phi) is 4.07. The van der Waals surface area contributed by atoms with Gasteiger partial charge < -0.3 is 10.2 Å². The minimum absolute atomic E-state index is 0.0171. The zero-order chi connectivity index (χ0) is 14.1. The van der Waals surface area contributed by atoms with Crippen LogP contribution in [0.2, 0.25) is 4.34 Å². The molecule has 0 aliphatic carbocycles. The first kappa shape index (κ1) is 14.0. The van der Waals surface area contributed by atoms with Gasteiger partial charge in [0, 0.05) is 31.1 Å². The van der Waals surface area contributed by atoms with Crippen LogP contribution in [0, 0.1) is 0 Å². The number of nitrogens with zero attached hydrogens (tertiary/aromatic N) is 2. The van der Waals surface area contributed by atoms with Crippen molar-refractivity contribution >= 4 is 40.2 Å². The van der Waals surface area contributed by atoms with Crippen molar-refractivity contribution in [1.82, 2.24) is 15.2 Å². The first-order chi connectivity index (χ1) is 9.63. The van der Waals surface area contributed by atoms with Gasteiger partial charge in [0.2, 0.25) is 0 Å². The van der Waals surface area contributed by atoms with Crippen molar-refractivity contribution in [3.05, 3.63) is 27.5 Å². The van der Waals surface area contributed by atoms with Crippen molar-refractivity contribution in [2.24, 2.45) is 0 Å². The van der Waals surface area contributed by atoms with Crippen LogP contribution in [0.1, 0.15) is 17.4 Å². The van der Waals surface area contributed by atoms with E-state index in [9.17, 15) is 4.79 Å². The van der Waals surface area contributed by atoms with Crippen molar-refractivity contribution in [2.45, 2.75) is 13.0 Å². The summed E-state index contributed by atoms with van der Waals surface area (Å²) in [5.41, 5.74) is 0.531. The van der Waals surface area contributed by atoms with E-state index in [-0.39, 0.29) is 5.91 Å². The minimum atomic E-state index is 0.0171. The highest BCUT2D eigenvalue weighted by molar-refractivity contribution is 7.23.